The van der Waals surface area contributed by atoms with E-state index < -0.39 is 11.7 Å². The van der Waals surface area contributed by atoms with Gasteiger partial charge in [-0.2, -0.15) is 0 Å². The molecule has 1 spiro atoms. The number of hydrogen-bond donors (Lipinski definition) is 1. The average Bonchev–Trinajstić information content (AvgIpc) is 3.06. The van der Waals surface area contributed by atoms with Crippen LogP contribution in [0.1, 0.15) is 37.4 Å². The molecule has 1 unspecified atom stereocenters. The molecule has 2 bridgehead atoms. The van der Waals surface area contributed by atoms with Gasteiger partial charge in [0.05, 0.1) is 11.6 Å². The number of piperidine rings is 1. The fraction of sp³-hybridized carbons (Fsp3) is 0.450. The molecule has 5 rings (SSSR count). The molecule has 130 valence electrons. The third-order valence-corrected chi connectivity index (χ3v) is 6.46. The second kappa shape index (κ2) is 5.44. The van der Waals surface area contributed by atoms with Crippen LogP contribution in [0.5, 0.6) is 0 Å². The SMILES string of the molecule is O=C1O[C@@]23C[C@@H](C=CC2=C1C(O)c1ccc(Cl)cc1)N1CCCC[C@@H]13. The number of aliphatic hydroxyl groups excluding tert-OH is 1. The maximum atomic E-state index is 12.8. The minimum Gasteiger partial charge on any atom is -0.449 e. The van der Waals surface area contributed by atoms with Gasteiger partial charge >= 0.3 is 5.97 Å². The molecule has 0 radical (unpaired) electrons. The van der Waals surface area contributed by atoms with Crippen molar-refractivity contribution in [2.24, 2.45) is 0 Å². The van der Waals surface area contributed by atoms with Gasteiger partial charge in [-0.3, -0.25) is 4.90 Å². The molecule has 4 aliphatic rings. The van der Waals surface area contributed by atoms with Crippen LogP contribution in [0.2, 0.25) is 5.02 Å². The second-order valence-electron chi connectivity index (χ2n) is 7.44. The Morgan fingerprint density at radius 3 is 2.88 bits per heavy atom. The number of benzene rings is 1. The minimum absolute atomic E-state index is 0.232. The molecule has 3 aliphatic heterocycles. The predicted molar refractivity (Wildman–Crippen MR) is 94.2 cm³/mol. The van der Waals surface area contributed by atoms with E-state index in [1.165, 1.54) is 6.42 Å². The smallest absolute Gasteiger partial charge is 0.338 e. The number of ether oxygens (including phenoxy) is 1. The van der Waals surface area contributed by atoms with Crippen molar-refractivity contribution in [2.75, 3.05) is 6.54 Å². The first-order valence-corrected chi connectivity index (χ1v) is 9.33. The van der Waals surface area contributed by atoms with Gasteiger partial charge < -0.3 is 9.84 Å². The van der Waals surface area contributed by atoms with E-state index in [9.17, 15) is 9.90 Å². The number of rotatable bonds is 2. The lowest BCUT2D eigenvalue weighted by Gasteiger charge is -2.37. The van der Waals surface area contributed by atoms with E-state index in [0.29, 0.717) is 22.2 Å². The van der Waals surface area contributed by atoms with E-state index in [4.69, 9.17) is 16.3 Å². The number of nitrogens with zero attached hydrogens (tertiary/aromatic N) is 1. The van der Waals surface area contributed by atoms with Gasteiger partial charge in [-0.1, -0.05) is 42.3 Å². The third-order valence-electron chi connectivity index (χ3n) is 6.21. The first-order chi connectivity index (χ1) is 12.1. The fourth-order valence-electron chi connectivity index (χ4n) is 5.12. The van der Waals surface area contributed by atoms with Crippen molar-refractivity contribution in [3.8, 4) is 0 Å². The standard InChI is InChI=1S/C20H20ClNO3/c21-13-6-4-12(5-7-13)18(23)17-15-9-8-14-11-20(15,25-19(17)24)16-3-1-2-10-22(14)16/h4-9,14,16,18,23H,1-3,10-11H2/t14-,16-,18?,20+/m1/s1. The summed E-state index contributed by atoms with van der Waals surface area (Å²) in [6.07, 6.45) is 7.42. The molecule has 3 heterocycles. The van der Waals surface area contributed by atoms with Gasteiger partial charge in [-0.05, 0) is 37.1 Å². The Labute approximate surface area is 151 Å². The summed E-state index contributed by atoms with van der Waals surface area (Å²) in [5.74, 6) is -0.379. The first-order valence-electron chi connectivity index (χ1n) is 8.95. The van der Waals surface area contributed by atoms with E-state index >= 15 is 0 Å². The quantitative estimate of drug-likeness (QED) is 0.826. The van der Waals surface area contributed by atoms with E-state index in [1.807, 2.05) is 6.08 Å². The van der Waals surface area contributed by atoms with Gasteiger partial charge in [0.25, 0.3) is 0 Å². The van der Waals surface area contributed by atoms with E-state index in [2.05, 4.69) is 11.0 Å². The van der Waals surface area contributed by atoms with Gasteiger partial charge in [0.15, 0.2) is 5.60 Å². The molecule has 2 fully saturated rings. The average molecular weight is 358 g/mol. The lowest BCUT2D eigenvalue weighted by Crippen LogP contribution is -2.48. The van der Waals surface area contributed by atoms with Crippen LogP contribution in [-0.4, -0.2) is 40.2 Å². The molecule has 25 heavy (non-hydrogen) atoms. The van der Waals surface area contributed by atoms with Crippen molar-refractivity contribution in [3.63, 3.8) is 0 Å². The molecule has 1 aliphatic carbocycles. The number of aliphatic hydroxyl groups is 1. The van der Waals surface area contributed by atoms with Crippen molar-refractivity contribution < 1.29 is 14.6 Å². The summed E-state index contributed by atoms with van der Waals surface area (Å²) in [4.78, 5) is 15.2. The van der Waals surface area contributed by atoms with Gasteiger partial charge in [-0.25, -0.2) is 4.79 Å². The first kappa shape index (κ1) is 15.6. The van der Waals surface area contributed by atoms with Gasteiger partial charge in [-0.15, -0.1) is 0 Å². The molecule has 5 heteroatoms. The largest absolute Gasteiger partial charge is 0.449 e. The van der Waals surface area contributed by atoms with Crippen LogP contribution in [0.15, 0.2) is 47.6 Å². The Bertz CT molecular complexity index is 800. The van der Waals surface area contributed by atoms with Gasteiger partial charge in [0.1, 0.15) is 6.10 Å². The van der Waals surface area contributed by atoms with Crippen LogP contribution in [0.4, 0.5) is 0 Å². The Morgan fingerprint density at radius 1 is 1.28 bits per heavy atom. The molecule has 1 aromatic rings. The van der Waals surface area contributed by atoms with Crippen LogP contribution in [-0.2, 0) is 9.53 Å². The Morgan fingerprint density at radius 2 is 2.08 bits per heavy atom. The van der Waals surface area contributed by atoms with Crippen molar-refractivity contribution in [3.05, 3.63) is 58.1 Å². The third kappa shape index (κ3) is 2.11. The van der Waals surface area contributed by atoms with E-state index in [-0.39, 0.29) is 12.0 Å². The lowest BCUT2D eigenvalue weighted by atomic mass is 9.78. The molecular formula is C20H20ClNO3. The summed E-state index contributed by atoms with van der Waals surface area (Å²) in [5, 5.41) is 11.5. The molecule has 1 N–H and O–H groups in total. The normalized spacial score (nSPS) is 34.7. The summed E-state index contributed by atoms with van der Waals surface area (Å²) in [6, 6.07) is 7.55. The Balaban J connectivity index is 1.60. The zero-order chi connectivity index (χ0) is 17.2. The highest BCUT2D eigenvalue weighted by Gasteiger charge is 2.62. The number of esters is 1. The van der Waals surface area contributed by atoms with Crippen LogP contribution >= 0.6 is 11.6 Å². The number of hydrogen-bond acceptors (Lipinski definition) is 4. The van der Waals surface area contributed by atoms with Crippen LogP contribution < -0.4 is 0 Å². The monoisotopic (exact) mass is 357 g/mol. The summed E-state index contributed by atoms with van der Waals surface area (Å²) in [5.41, 5.74) is 1.37. The topological polar surface area (TPSA) is 49.8 Å². The zero-order valence-corrected chi connectivity index (χ0v) is 14.6. The summed E-state index contributed by atoms with van der Waals surface area (Å²) < 4.78 is 6.00. The van der Waals surface area contributed by atoms with Crippen molar-refractivity contribution in [1.29, 1.82) is 0 Å². The summed E-state index contributed by atoms with van der Waals surface area (Å²) in [6.45, 7) is 1.06. The zero-order valence-electron chi connectivity index (χ0n) is 13.8. The molecule has 0 amide bonds. The molecular weight excluding hydrogens is 338 g/mol. The maximum absolute atomic E-state index is 12.8. The highest BCUT2D eigenvalue weighted by Crippen LogP contribution is 2.54. The molecule has 0 saturated carbocycles. The Kier molecular flexibility index (Phi) is 3.40. The van der Waals surface area contributed by atoms with Crippen molar-refractivity contribution >= 4 is 17.6 Å². The molecule has 1 aromatic carbocycles. The Hall–Kier alpha value is -1.62. The number of carbonyl (C=O) groups is 1. The van der Waals surface area contributed by atoms with Gasteiger partial charge in [0.2, 0.25) is 0 Å². The van der Waals surface area contributed by atoms with Crippen LogP contribution in [0, 0.1) is 0 Å². The van der Waals surface area contributed by atoms with Crippen LogP contribution in [0.3, 0.4) is 0 Å². The fourth-order valence-corrected chi connectivity index (χ4v) is 5.24. The second-order valence-corrected chi connectivity index (χ2v) is 7.88. The highest BCUT2D eigenvalue weighted by atomic mass is 35.5. The van der Waals surface area contributed by atoms with E-state index in [1.54, 1.807) is 24.3 Å². The molecule has 4 atom stereocenters. The van der Waals surface area contributed by atoms with Crippen molar-refractivity contribution in [1.82, 2.24) is 4.90 Å². The van der Waals surface area contributed by atoms with E-state index in [0.717, 1.165) is 31.4 Å². The molecule has 2 saturated heterocycles. The number of carbonyl (C=O) groups excluding carboxylic acids is 1. The highest BCUT2D eigenvalue weighted by molar-refractivity contribution is 6.30. The number of fused-ring (bicyclic) bond motifs is 3. The molecule has 4 nitrogen and oxygen atoms in total. The molecule has 0 aromatic heterocycles. The minimum atomic E-state index is -0.988. The summed E-state index contributed by atoms with van der Waals surface area (Å²) >= 11 is 5.94. The predicted octanol–water partition coefficient (Wildman–Crippen LogP) is 3.16. The van der Waals surface area contributed by atoms with Crippen molar-refractivity contribution in [2.45, 2.75) is 49.5 Å². The van der Waals surface area contributed by atoms with Gasteiger partial charge in [0, 0.05) is 23.1 Å². The maximum Gasteiger partial charge on any atom is 0.338 e. The lowest BCUT2D eigenvalue weighted by molar-refractivity contribution is -0.150. The number of halogens is 1. The van der Waals surface area contributed by atoms with Crippen LogP contribution in [0.25, 0.3) is 0 Å². The summed E-state index contributed by atoms with van der Waals surface area (Å²) in [7, 11) is 0.